The van der Waals surface area contributed by atoms with Crippen molar-refractivity contribution in [2.24, 2.45) is 0 Å². The zero-order valence-corrected chi connectivity index (χ0v) is 16.3. The van der Waals surface area contributed by atoms with Crippen molar-refractivity contribution in [1.29, 1.82) is 0 Å². The maximum atomic E-state index is 13.2. The van der Waals surface area contributed by atoms with Crippen molar-refractivity contribution in [3.63, 3.8) is 0 Å². The Bertz CT molecular complexity index is 947. The minimum Gasteiger partial charge on any atom is -0.454 e. The number of ether oxygens (including phenoxy) is 2. The second-order valence-electron chi connectivity index (χ2n) is 6.56. The number of benzene rings is 3. The van der Waals surface area contributed by atoms with E-state index in [1.54, 1.807) is 11.8 Å². The predicted molar refractivity (Wildman–Crippen MR) is 111 cm³/mol. The molecule has 28 heavy (non-hydrogen) atoms. The fourth-order valence-electron chi connectivity index (χ4n) is 3.09. The molecular weight excluding hydrogens is 370 g/mol. The fraction of sp³-hybridized carbons (Fsp3) is 0.174. The molecule has 0 spiro atoms. The van der Waals surface area contributed by atoms with Gasteiger partial charge in [-0.25, -0.2) is 0 Å². The van der Waals surface area contributed by atoms with Gasteiger partial charge in [0, 0.05) is 4.90 Å². The van der Waals surface area contributed by atoms with Crippen LogP contribution in [0.15, 0.2) is 83.8 Å². The molecule has 1 aliphatic heterocycles. The van der Waals surface area contributed by atoms with Crippen molar-refractivity contribution < 1.29 is 14.3 Å². The third-order valence-corrected chi connectivity index (χ3v) is 5.86. The van der Waals surface area contributed by atoms with E-state index in [1.165, 1.54) is 0 Å². The van der Waals surface area contributed by atoms with Crippen LogP contribution >= 0.6 is 11.8 Å². The van der Waals surface area contributed by atoms with E-state index in [9.17, 15) is 4.79 Å². The van der Waals surface area contributed by atoms with Gasteiger partial charge in [-0.1, -0.05) is 54.6 Å². The van der Waals surface area contributed by atoms with Gasteiger partial charge < -0.3 is 14.8 Å². The van der Waals surface area contributed by atoms with Crippen LogP contribution in [0.1, 0.15) is 29.3 Å². The lowest BCUT2D eigenvalue weighted by atomic mass is 10.1. The SMILES string of the molecule is C[C@H](NC(=O)[C@@H](Sc1ccccc1)c1ccccc1)c1ccc2c(c1)OCO2. The molecule has 0 unspecified atom stereocenters. The number of fused-ring (bicyclic) bond motifs is 1. The maximum Gasteiger partial charge on any atom is 0.238 e. The molecule has 0 aliphatic carbocycles. The highest BCUT2D eigenvalue weighted by atomic mass is 32.2. The first kappa shape index (κ1) is 18.4. The van der Waals surface area contributed by atoms with Gasteiger partial charge in [0.2, 0.25) is 12.7 Å². The summed E-state index contributed by atoms with van der Waals surface area (Å²) in [6, 6.07) is 25.5. The number of amides is 1. The van der Waals surface area contributed by atoms with Crippen molar-refractivity contribution >= 4 is 17.7 Å². The van der Waals surface area contributed by atoms with Crippen LogP contribution in [0.5, 0.6) is 11.5 Å². The van der Waals surface area contributed by atoms with Crippen LogP contribution in [0.3, 0.4) is 0 Å². The van der Waals surface area contributed by atoms with E-state index in [2.05, 4.69) is 5.32 Å². The Morgan fingerprint density at radius 3 is 2.32 bits per heavy atom. The van der Waals surface area contributed by atoms with Gasteiger partial charge in [-0.05, 0) is 42.3 Å². The Kier molecular flexibility index (Phi) is 5.53. The first-order chi connectivity index (χ1) is 13.7. The monoisotopic (exact) mass is 391 g/mol. The summed E-state index contributed by atoms with van der Waals surface area (Å²) in [6.07, 6.45) is 0. The van der Waals surface area contributed by atoms with E-state index < -0.39 is 0 Å². The van der Waals surface area contributed by atoms with Crippen molar-refractivity contribution in [2.75, 3.05) is 6.79 Å². The number of thioether (sulfide) groups is 1. The zero-order valence-electron chi connectivity index (χ0n) is 15.5. The third-order valence-electron chi connectivity index (χ3n) is 4.59. The summed E-state index contributed by atoms with van der Waals surface area (Å²) in [5, 5.41) is 2.82. The minimum atomic E-state index is -0.333. The van der Waals surface area contributed by atoms with Crippen molar-refractivity contribution in [2.45, 2.75) is 23.1 Å². The summed E-state index contributed by atoms with van der Waals surface area (Å²) in [6.45, 7) is 2.22. The van der Waals surface area contributed by atoms with Gasteiger partial charge in [-0.3, -0.25) is 4.79 Å². The average Bonchev–Trinajstić information content (AvgIpc) is 3.21. The standard InChI is InChI=1S/C23H21NO3S/c1-16(18-12-13-20-21(14-18)27-15-26-20)24-23(25)22(17-8-4-2-5-9-17)28-19-10-6-3-7-11-19/h2-14,16,22H,15H2,1H3,(H,24,25)/t16-,22-/m0/s1. The van der Waals surface area contributed by atoms with E-state index in [-0.39, 0.29) is 24.0 Å². The minimum absolute atomic E-state index is 0.0229. The molecule has 142 valence electrons. The second kappa shape index (κ2) is 8.40. The highest BCUT2D eigenvalue weighted by molar-refractivity contribution is 8.00. The Labute approximate surface area is 168 Å². The lowest BCUT2D eigenvalue weighted by Gasteiger charge is -2.21. The summed E-state index contributed by atoms with van der Waals surface area (Å²) in [7, 11) is 0. The van der Waals surface area contributed by atoms with Crippen LogP contribution in [-0.2, 0) is 4.79 Å². The molecule has 0 saturated carbocycles. The quantitative estimate of drug-likeness (QED) is 0.592. The fourth-order valence-corrected chi connectivity index (χ4v) is 4.15. The van der Waals surface area contributed by atoms with Gasteiger partial charge in [-0.15, -0.1) is 11.8 Å². The highest BCUT2D eigenvalue weighted by Crippen LogP contribution is 2.37. The van der Waals surface area contributed by atoms with Gasteiger partial charge in [-0.2, -0.15) is 0 Å². The van der Waals surface area contributed by atoms with Crippen LogP contribution in [0.25, 0.3) is 0 Å². The molecule has 3 aromatic carbocycles. The third kappa shape index (κ3) is 4.15. The number of nitrogens with one attached hydrogen (secondary N) is 1. The molecule has 0 aromatic heterocycles. The van der Waals surface area contributed by atoms with Crippen LogP contribution < -0.4 is 14.8 Å². The zero-order chi connectivity index (χ0) is 19.3. The molecule has 0 saturated heterocycles. The molecule has 2 atom stereocenters. The maximum absolute atomic E-state index is 13.2. The van der Waals surface area contributed by atoms with Crippen LogP contribution in [0.4, 0.5) is 0 Å². The van der Waals surface area contributed by atoms with Gasteiger partial charge in [0.15, 0.2) is 11.5 Å². The lowest BCUT2D eigenvalue weighted by Crippen LogP contribution is -2.30. The lowest BCUT2D eigenvalue weighted by molar-refractivity contribution is -0.121. The molecule has 1 heterocycles. The smallest absolute Gasteiger partial charge is 0.238 e. The van der Waals surface area contributed by atoms with Gasteiger partial charge in [0.1, 0.15) is 5.25 Å². The number of rotatable bonds is 6. The van der Waals surface area contributed by atoms with Crippen LogP contribution in [0.2, 0.25) is 0 Å². The van der Waals surface area contributed by atoms with E-state index >= 15 is 0 Å². The number of carbonyl (C=O) groups is 1. The Morgan fingerprint density at radius 2 is 1.57 bits per heavy atom. The van der Waals surface area contributed by atoms with E-state index in [0.717, 1.165) is 27.5 Å². The normalized spacial score (nSPS) is 14.3. The molecule has 3 aromatic rings. The molecule has 4 rings (SSSR count). The summed E-state index contributed by atoms with van der Waals surface area (Å²) in [5.74, 6) is 1.44. The number of hydrogen-bond acceptors (Lipinski definition) is 4. The van der Waals surface area contributed by atoms with Crippen molar-refractivity contribution in [3.8, 4) is 11.5 Å². The summed E-state index contributed by atoms with van der Waals surface area (Å²) in [5.41, 5.74) is 1.96. The molecule has 0 bridgehead atoms. The van der Waals surface area contributed by atoms with Crippen molar-refractivity contribution in [3.05, 3.63) is 90.0 Å². The topological polar surface area (TPSA) is 47.6 Å². The molecule has 0 radical (unpaired) electrons. The van der Waals surface area contributed by atoms with Crippen molar-refractivity contribution in [1.82, 2.24) is 5.32 Å². The van der Waals surface area contributed by atoms with E-state index in [1.807, 2.05) is 85.8 Å². The molecular formula is C23H21NO3S. The summed E-state index contributed by atoms with van der Waals surface area (Å²) >= 11 is 1.55. The van der Waals surface area contributed by atoms with Crippen LogP contribution in [0, 0.1) is 0 Å². The average molecular weight is 391 g/mol. The molecule has 1 amide bonds. The molecule has 5 heteroatoms. The summed E-state index contributed by atoms with van der Waals surface area (Å²) < 4.78 is 10.8. The summed E-state index contributed by atoms with van der Waals surface area (Å²) in [4.78, 5) is 14.2. The number of hydrogen-bond donors (Lipinski definition) is 1. The Balaban J connectivity index is 1.53. The molecule has 0 fully saturated rings. The Morgan fingerprint density at radius 1 is 0.893 bits per heavy atom. The first-order valence-corrected chi connectivity index (χ1v) is 10.1. The van der Waals surface area contributed by atoms with Gasteiger partial charge >= 0.3 is 0 Å². The number of carbonyl (C=O) groups excluding carboxylic acids is 1. The van der Waals surface area contributed by atoms with Crippen LogP contribution in [-0.4, -0.2) is 12.7 Å². The van der Waals surface area contributed by atoms with Gasteiger partial charge in [0.05, 0.1) is 6.04 Å². The van der Waals surface area contributed by atoms with E-state index in [4.69, 9.17) is 9.47 Å². The highest BCUT2D eigenvalue weighted by Gasteiger charge is 2.24. The second-order valence-corrected chi connectivity index (χ2v) is 7.74. The predicted octanol–water partition coefficient (Wildman–Crippen LogP) is 5.13. The molecule has 1 N–H and O–H groups in total. The van der Waals surface area contributed by atoms with E-state index in [0.29, 0.717) is 0 Å². The van der Waals surface area contributed by atoms with Gasteiger partial charge in [0.25, 0.3) is 0 Å². The Hall–Kier alpha value is -2.92. The largest absolute Gasteiger partial charge is 0.454 e. The molecule has 4 nitrogen and oxygen atoms in total. The first-order valence-electron chi connectivity index (χ1n) is 9.17. The molecule has 1 aliphatic rings.